The highest BCUT2D eigenvalue weighted by Crippen LogP contribution is 2.13. The summed E-state index contributed by atoms with van der Waals surface area (Å²) in [6.45, 7) is 5.59. The van der Waals surface area contributed by atoms with E-state index in [9.17, 15) is 4.79 Å². The number of hydrogen-bond donors (Lipinski definition) is 2. The van der Waals surface area contributed by atoms with Gasteiger partial charge in [0.2, 0.25) is 5.13 Å². The van der Waals surface area contributed by atoms with E-state index in [0.29, 0.717) is 18.3 Å². The number of morpholine rings is 1. The molecule has 1 aliphatic heterocycles. The highest BCUT2D eigenvalue weighted by Gasteiger charge is 2.21. The first-order chi connectivity index (χ1) is 11.7. The Labute approximate surface area is 145 Å². The molecule has 1 saturated heterocycles. The lowest BCUT2D eigenvalue weighted by molar-refractivity contribution is -0.0285. The van der Waals surface area contributed by atoms with Gasteiger partial charge in [-0.05, 0) is 12.5 Å². The van der Waals surface area contributed by atoms with Gasteiger partial charge in [0.25, 0.3) is 0 Å². The largest absolute Gasteiger partial charge is 0.374 e. The summed E-state index contributed by atoms with van der Waals surface area (Å²) in [7, 11) is 0. The maximum atomic E-state index is 11.9. The van der Waals surface area contributed by atoms with Crippen LogP contribution in [0.15, 0.2) is 30.3 Å². The van der Waals surface area contributed by atoms with Crippen molar-refractivity contribution in [2.75, 3.05) is 31.6 Å². The summed E-state index contributed by atoms with van der Waals surface area (Å²) in [5, 5.41) is 14.6. The van der Waals surface area contributed by atoms with Crippen LogP contribution in [0.4, 0.5) is 9.93 Å². The van der Waals surface area contributed by atoms with Gasteiger partial charge in [-0.25, -0.2) is 4.79 Å². The first-order valence-electron chi connectivity index (χ1n) is 7.92. The van der Waals surface area contributed by atoms with Crippen LogP contribution in [0.5, 0.6) is 0 Å². The molecule has 0 aliphatic carbocycles. The van der Waals surface area contributed by atoms with Gasteiger partial charge >= 0.3 is 6.03 Å². The lowest BCUT2D eigenvalue weighted by Gasteiger charge is -2.33. The maximum absolute atomic E-state index is 11.9. The van der Waals surface area contributed by atoms with Crippen molar-refractivity contribution in [3.63, 3.8) is 0 Å². The van der Waals surface area contributed by atoms with E-state index < -0.39 is 0 Å². The van der Waals surface area contributed by atoms with Crippen molar-refractivity contribution in [3.05, 3.63) is 40.9 Å². The molecule has 1 fully saturated rings. The van der Waals surface area contributed by atoms with Gasteiger partial charge in [-0.2, -0.15) is 0 Å². The Morgan fingerprint density at radius 3 is 2.96 bits per heavy atom. The second-order valence-electron chi connectivity index (χ2n) is 5.67. The number of urea groups is 1. The molecule has 2 amide bonds. The minimum atomic E-state index is -0.282. The van der Waals surface area contributed by atoms with Gasteiger partial charge in [0, 0.05) is 26.2 Å². The van der Waals surface area contributed by atoms with Crippen molar-refractivity contribution in [2.45, 2.75) is 19.6 Å². The van der Waals surface area contributed by atoms with Gasteiger partial charge in [-0.3, -0.25) is 10.2 Å². The fourth-order valence-electron chi connectivity index (χ4n) is 2.58. The Bertz CT molecular complexity index is 663. The van der Waals surface area contributed by atoms with E-state index in [1.54, 1.807) is 0 Å². The molecule has 0 saturated carbocycles. The molecule has 0 bridgehead atoms. The summed E-state index contributed by atoms with van der Waals surface area (Å²) in [6, 6.07) is 10.1. The number of anilines is 1. The average molecular weight is 347 g/mol. The predicted octanol–water partition coefficient (Wildman–Crippen LogP) is 1.87. The summed E-state index contributed by atoms with van der Waals surface area (Å²) in [4.78, 5) is 14.2. The highest BCUT2D eigenvalue weighted by atomic mass is 32.1. The topological polar surface area (TPSA) is 79.4 Å². The first-order valence-corrected chi connectivity index (χ1v) is 8.73. The summed E-state index contributed by atoms with van der Waals surface area (Å²) < 4.78 is 5.74. The standard InChI is InChI=1S/C16H21N5O2S/c1-12-19-20-16(24-12)18-15(22)17-9-14-11-21(7-8-23-14)10-13-5-3-2-4-6-13/h2-6,14H,7-11H2,1H3,(H2,17,18,20,22)/t14-/m0/s1. The number of aryl methyl sites for hydroxylation is 1. The first kappa shape index (κ1) is 16.8. The van der Waals surface area contributed by atoms with E-state index in [2.05, 4.69) is 37.9 Å². The fraction of sp³-hybridized carbons (Fsp3) is 0.438. The quantitative estimate of drug-likeness (QED) is 0.863. The van der Waals surface area contributed by atoms with E-state index in [1.165, 1.54) is 16.9 Å². The number of nitrogens with one attached hydrogen (secondary N) is 2. The zero-order valence-corrected chi connectivity index (χ0v) is 14.4. The smallest absolute Gasteiger partial charge is 0.321 e. The summed E-state index contributed by atoms with van der Waals surface area (Å²) in [6.07, 6.45) is -0.00984. The number of rotatable bonds is 5. The Kier molecular flexibility index (Phi) is 5.73. The Balaban J connectivity index is 1.42. The number of aromatic nitrogens is 2. The molecule has 8 heteroatoms. The molecule has 0 spiro atoms. The zero-order valence-electron chi connectivity index (χ0n) is 13.6. The van der Waals surface area contributed by atoms with Crippen LogP contribution in [0, 0.1) is 6.92 Å². The number of benzene rings is 1. The zero-order chi connectivity index (χ0) is 16.8. The molecular weight excluding hydrogens is 326 g/mol. The lowest BCUT2D eigenvalue weighted by Crippen LogP contribution is -2.47. The van der Waals surface area contributed by atoms with Crippen molar-refractivity contribution in [2.24, 2.45) is 0 Å². The third-order valence-corrected chi connectivity index (χ3v) is 4.46. The molecular formula is C16H21N5O2S. The number of amides is 2. The molecule has 2 heterocycles. The molecule has 2 N–H and O–H groups in total. The van der Waals surface area contributed by atoms with Crippen molar-refractivity contribution < 1.29 is 9.53 Å². The Morgan fingerprint density at radius 1 is 1.38 bits per heavy atom. The number of hydrogen-bond acceptors (Lipinski definition) is 6. The SMILES string of the molecule is Cc1nnc(NC(=O)NC[C@H]2CN(Cc3ccccc3)CCO2)s1. The van der Waals surface area contributed by atoms with Crippen LogP contribution >= 0.6 is 11.3 Å². The Morgan fingerprint density at radius 2 is 2.21 bits per heavy atom. The van der Waals surface area contributed by atoms with Crippen LogP contribution in [0.25, 0.3) is 0 Å². The van der Waals surface area contributed by atoms with Gasteiger partial charge in [-0.1, -0.05) is 41.7 Å². The predicted molar refractivity (Wildman–Crippen MR) is 93.1 cm³/mol. The van der Waals surface area contributed by atoms with Crippen molar-refractivity contribution in [3.8, 4) is 0 Å². The van der Waals surface area contributed by atoms with Crippen molar-refractivity contribution >= 4 is 22.5 Å². The van der Waals surface area contributed by atoms with Gasteiger partial charge in [0.05, 0.1) is 12.7 Å². The Hall–Kier alpha value is -2.03. The van der Waals surface area contributed by atoms with Gasteiger partial charge < -0.3 is 10.1 Å². The van der Waals surface area contributed by atoms with Crippen LogP contribution < -0.4 is 10.6 Å². The summed E-state index contributed by atoms with van der Waals surface area (Å²) >= 11 is 1.35. The minimum Gasteiger partial charge on any atom is -0.374 e. The second-order valence-corrected chi connectivity index (χ2v) is 6.86. The van der Waals surface area contributed by atoms with Crippen molar-refractivity contribution in [1.29, 1.82) is 0 Å². The molecule has 1 aromatic heterocycles. The molecule has 128 valence electrons. The van der Waals surface area contributed by atoms with Crippen LogP contribution in [-0.4, -0.2) is 53.5 Å². The molecule has 3 rings (SSSR count). The number of nitrogens with zero attached hydrogens (tertiary/aromatic N) is 3. The summed E-state index contributed by atoms with van der Waals surface area (Å²) in [5.74, 6) is 0. The molecule has 1 aliphatic rings. The molecule has 1 atom stereocenters. The van der Waals surface area contributed by atoms with Crippen LogP contribution in [0.2, 0.25) is 0 Å². The van der Waals surface area contributed by atoms with E-state index in [-0.39, 0.29) is 12.1 Å². The maximum Gasteiger partial charge on any atom is 0.321 e. The molecule has 0 unspecified atom stereocenters. The lowest BCUT2D eigenvalue weighted by atomic mass is 10.2. The average Bonchev–Trinajstić information content (AvgIpc) is 2.99. The number of ether oxygens (including phenoxy) is 1. The van der Waals surface area contributed by atoms with E-state index in [0.717, 1.165) is 24.6 Å². The summed E-state index contributed by atoms with van der Waals surface area (Å²) in [5.41, 5.74) is 1.29. The highest BCUT2D eigenvalue weighted by molar-refractivity contribution is 7.15. The molecule has 7 nitrogen and oxygen atoms in total. The van der Waals surface area contributed by atoms with Crippen LogP contribution in [0.3, 0.4) is 0 Å². The van der Waals surface area contributed by atoms with Gasteiger partial charge in [0.15, 0.2) is 0 Å². The second kappa shape index (κ2) is 8.18. The van der Waals surface area contributed by atoms with E-state index in [4.69, 9.17) is 4.74 Å². The van der Waals surface area contributed by atoms with E-state index >= 15 is 0 Å². The molecule has 0 radical (unpaired) electrons. The van der Waals surface area contributed by atoms with Gasteiger partial charge in [0.1, 0.15) is 5.01 Å². The molecule has 2 aromatic rings. The van der Waals surface area contributed by atoms with Crippen LogP contribution in [0.1, 0.15) is 10.6 Å². The third-order valence-electron chi connectivity index (χ3n) is 3.71. The third kappa shape index (κ3) is 4.98. The van der Waals surface area contributed by atoms with E-state index in [1.807, 2.05) is 25.1 Å². The molecule has 1 aromatic carbocycles. The minimum absolute atomic E-state index is 0.00984. The molecule has 24 heavy (non-hydrogen) atoms. The number of carbonyl (C=O) groups excluding carboxylic acids is 1. The van der Waals surface area contributed by atoms with Crippen LogP contribution in [-0.2, 0) is 11.3 Å². The fourth-order valence-corrected chi connectivity index (χ4v) is 3.17. The monoisotopic (exact) mass is 347 g/mol. The van der Waals surface area contributed by atoms with Gasteiger partial charge in [-0.15, -0.1) is 10.2 Å². The normalized spacial score (nSPS) is 18.3. The number of carbonyl (C=O) groups is 1. The van der Waals surface area contributed by atoms with Crippen molar-refractivity contribution in [1.82, 2.24) is 20.4 Å².